The Morgan fingerprint density at radius 2 is 2.12 bits per heavy atom. The summed E-state index contributed by atoms with van der Waals surface area (Å²) in [6.45, 7) is 0. The number of fused-ring (bicyclic) bond motifs is 1. The Hall–Kier alpha value is -1.81. The summed E-state index contributed by atoms with van der Waals surface area (Å²) in [7, 11) is 1.48. The zero-order valence-electron chi connectivity index (χ0n) is 8.41. The van der Waals surface area contributed by atoms with Gasteiger partial charge >= 0.3 is 0 Å². The number of pyridine rings is 1. The molecule has 82 valence electrons. The molecule has 0 fully saturated rings. The summed E-state index contributed by atoms with van der Waals surface area (Å²) in [4.78, 5) is 24.7. The van der Waals surface area contributed by atoms with E-state index in [0.717, 1.165) is 0 Å². The number of aromatic nitrogens is 1. The Bertz CT molecular complexity index is 618. The predicted molar refractivity (Wildman–Crippen MR) is 61.5 cm³/mol. The van der Waals surface area contributed by atoms with Gasteiger partial charge in [0.1, 0.15) is 5.75 Å². The SMILES string of the molecule is COc1cc(Cl)cc2cc(C=O)c(=O)[nH]c12. The second-order valence-corrected chi connectivity index (χ2v) is 3.68. The first-order chi connectivity index (χ1) is 7.65. The molecule has 1 aromatic carbocycles. The molecule has 1 aromatic heterocycles. The van der Waals surface area contributed by atoms with Crippen molar-refractivity contribution in [1.29, 1.82) is 0 Å². The Balaban J connectivity index is 2.89. The van der Waals surface area contributed by atoms with E-state index in [4.69, 9.17) is 16.3 Å². The molecule has 16 heavy (non-hydrogen) atoms. The molecule has 0 aliphatic heterocycles. The normalized spacial score (nSPS) is 10.4. The minimum atomic E-state index is -0.442. The number of carbonyl (C=O) groups excluding carboxylic acids is 1. The fourth-order valence-electron chi connectivity index (χ4n) is 1.52. The number of hydrogen-bond donors (Lipinski definition) is 1. The van der Waals surface area contributed by atoms with Crippen LogP contribution in [0.1, 0.15) is 10.4 Å². The van der Waals surface area contributed by atoms with Gasteiger partial charge in [0.2, 0.25) is 0 Å². The minimum Gasteiger partial charge on any atom is -0.494 e. The van der Waals surface area contributed by atoms with Crippen LogP contribution in [0.2, 0.25) is 5.02 Å². The smallest absolute Gasteiger partial charge is 0.259 e. The molecular formula is C11H8ClNO3. The number of rotatable bonds is 2. The minimum absolute atomic E-state index is 0.0665. The summed E-state index contributed by atoms with van der Waals surface area (Å²) in [5.41, 5.74) is 0.155. The molecule has 4 nitrogen and oxygen atoms in total. The van der Waals surface area contributed by atoms with E-state index >= 15 is 0 Å². The van der Waals surface area contributed by atoms with E-state index < -0.39 is 5.56 Å². The molecule has 0 aliphatic carbocycles. The first-order valence-electron chi connectivity index (χ1n) is 4.51. The lowest BCUT2D eigenvalue weighted by Crippen LogP contribution is -2.11. The number of nitrogens with one attached hydrogen (secondary N) is 1. The van der Waals surface area contributed by atoms with Crippen molar-refractivity contribution in [2.75, 3.05) is 7.11 Å². The molecule has 2 rings (SSSR count). The van der Waals surface area contributed by atoms with Crippen molar-refractivity contribution in [3.8, 4) is 5.75 Å². The lowest BCUT2D eigenvalue weighted by molar-refractivity contribution is 0.112. The Morgan fingerprint density at radius 1 is 1.38 bits per heavy atom. The number of aldehydes is 1. The summed E-state index contributed by atoms with van der Waals surface area (Å²) in [6.07, 6.45) is 0.506. The molecule has 0 spiro atoms. The van der Waals surface area contributed by atoms with Gasteiger partial charge in [-0.05, 0) is 12.1 Å². The van der Waals surface area contributed by atoms with E-state index in [-0.39, 0.29) is 5.56 Å². The second-order valence-electron chi connectivity index (χ2n) is 3.24. The summed E-state index contributed by atoms with van der Waals surface area (Å²) in [5, 5.41) is 1.14. The molecule has 0 bridgehead atoms. The third-order valence-electron chi connectivity index (χ3n) is 2.26. The number of aromatic amines is 1. The van der Waals surface area contributed by atoms with Crippen LogP contribution in [-0.4, -0.2) is 18.4 Å². The third kappa shape index (κ3) is 1.67. The van der Waals surface area contributed by atoms with Crippen molar-refractivity contribution in [1.82, 2.24) is 4.98 Å². The Labute approximate surface area is 95.8 Å². The van der Waals surface area contributed by atoms with Crippen molar-refractivity contribution in [2.24, 2.45) is 0 Å². The van der Waals surface area contributed by atoms with E-state index in [1.165, 1.54) is 13.2 Å². The van der Waals surface area contributed by atoms with Crippen molar-refractivity contribution in [2.45, 2.75) is 0 Å². The molecule has 0 saturated heterocycles. The molecule has 0 amide bonds. The van der Waals surface area contributed by atoms with Gasteiger partial charge < -0.3 is 9.72 Å². The first-order valence-corrected chi connectivity index (χ1v) is 4.89. The third-order valence-corrected chi connectivity index (χ3v) is 2.47. The molecule has 0 atom stereocenters. The van der Waals surface area contributed by atoms with Crippen LogP contribution in [0.15, 0.2) is 23.0 Å². The average Bonchev–Trinajstić information content (AvgIpc) is 2.28. The van der Waals surface area contributed by atoms with Crippen molar-refractivity contribution >= 4 is 28.8 Å². The van der Waals surface area contributed by atoms with Gasteiger partial charge in [-0.2, -0.15) is 0 Å². The van der Waals surface area contributed by atoms with Crippen molar-refractivity contribution in [3.05, 3.63) is 39.1 Å². The molecule has 0 unspecified atom stereocenters. The Morgan fingerprint density at radius 3 is 2.75 bits per heavy atom. The predicted octanol–water partition coefficient (Wildman–Crippen LogP) is 2.00. The summed E-state index contributed by atoms with van der Waals surface area (Å²) < 4.78 is 5.09. The first kappa shape index (κ1) is 10.7. The quantitative estimate of drug-likeness (QED) is 0.813. The van der Waals surface area contributed by atoms with E-state index in [9.17, 15) is 9.59 Å². The largest absolute Gasteiger partial charge is 0.494 e. The maximum absolute atomic E-state index is 11.4. The van der Waals surface area contributed by atoms with Gasteiger partial charge in [0.05, 0.1) is 18.2 Å². The van der Waals surface area contributed by atoms with E-state index in [0.29, 0.717) is 28.0 Å². The van der Waals surface area contributed by atoms with Crippen LogP contribution in [0.5, 0.6) is 5.75 Å². The number of hydrogen-bond acceptors (Lipinski definition) is 3. The van der Waals surface area contributed by atoms with Crippen molar-refractivity contribution in [3.63, 3.8) is 0 Å². The van der Waals surface area contributed by atoms with Gasteiger partial charge in [-0.1, -0.05) is 11.6 Å². The van der Waals surface area contributed by atoms with Gasteiger partial charge in [0.25, 0.3) is 5.56 Å². The van der Waals surface area contributed by atoms with Gasteiger partial charge in [-0.15, -0.1) is 0 Å². The highest BCUT2D eigenvalue weighted by molar-refractivity contribution is 6.31. The molecule has 0 aliphatic rings. The zero-order valence-corrected chi connectivity index (χ0v) is 9.17. The monoisotopic (exact) mass is 237 g/mol. The number of methoxy groups -OCH3 is 1. The van der Waals surface area contributed by atoms with Crippen LogP contribution < -0.4 is 10.3 Å². The van der Waals surface area contributed by atoms with Crippen LogP contribution >= 0.6 is 11.6 Å². The molecule has 2 aromatic rings. The van der Waals surface area contributed by atoms with E-state index in [1.807, 2.05) is 0 Å². The Kier molecular flexibility index (Phi) is 2.66. The fraction of sp³-hybridized carbons (Fsp3) is 0.0909. The van der Waals surface area contributed by atoms with E-state index in [1.54, 1.807) is 12.1 Å². The standard InChI is InChI=1S/C11H8ClNO3/c1-16-9-4-8(12)3-6-2-7(5-14)11(15)13-10(6)9/h2-5H,1H3,(H,13,15). The van der Waals surface area contributed by atoms with Gasteiger partial charge in [-0.25, -0.2) is 0 Å². The summed E-state index contributed by atoms with van der Waals surface area (Å²) >= 11 is 5.88. The van der Waals surface area contributed by atoms with Crippen LogP contribution in [-0.2, 0) is 0 Å². The zero-order chi connectivity index (χ0) is 11.7. The van der Waals surface area contributed by atoms with Gasteiger partial charge in [-0.3, -0.25) is 9.59 Å². The van der Waals surface area contributed by atoms with Gasteiger partial charge in [0.15, 0.2) is 6.29 Å². The molecule has 0 radical (unpaired) electrons. The van der Waals surface area contributed by atoms with Crippen LogP contribution in [0, 0.1) is 0 Å². The van der Waals surface area contributed by atoms with Gasteiger partial charge in [0, 0.05) is 16.5 Å². The average molecular weight is 238 g/mol. The second kappa shape index (κ2) is 3.98. The topological polar surface area (TPSA) is 59.2 Å². The molecular weight excluding hydrogens is 230 g/mol. The molecule has 1 heterocycles. The molecule has 0 saturated carbocycles. The van der Waals surface area contributed by atoms with Crippen LogP contribution in [0.3, 0.4) is 0 Å². The van der Waals surface area contributed by atoms with Crippen LogP contribution in [0.25, 0.3) is 10.9 Å². The number of carbonyl (C=O) groups is 1. The lowest BCUT2D eigenvalue weighted by Gasteiger charge is -2.06. The number of ether oxygens (including phenoxy) is 1. The highest BCUT2D eigenvalue weighted by Gasteiger charge is 2.07. The number of H-pyrrole nitrogens is 1. The number of benzene rings is 1. The highest BCUT2D eigenvalue weighted by atomic mass is 35.5. The summed E-state index contributed by atoms with van der Waals surface area (Å²) in [5.74, 6) is 0.469. The van der Waals surface area contributed by atoms with Crippen molar-refractivity contribution < 1.29 is 9.53 Å². The maximum atomic E-state index is 11.4. The van der Waals surface area contributed by atoms with E-state index in [2.05, 4.69) is 4.98 Å². The molecule has 5 heteroatoms. The fourth-order valence-corrected chi connectivity index (χ4v) is 1.73. The summed E-state index contributed by atoms with van der Waals surface area (Å²) in [6, 6.07) is 4.73. The lowest BCUT2D eigenvalue weighted by atomic mass is 10.1. The highest BCUT2D eigenvalue weighted by Crippen LogP contribution is 2.27. The molecule has 1 N–H and O–H groups in total. The maximum Gasteiger partial charge on any atom is 0.259 e. The number of halogens is 1. The van der Waals surface area contributed by atoms with Crippen LogP contribution in [0.4, 0.5) is 0 Å².